The van der Waals surface area contributed by atoms with E-state index in [-0.39, 0.29) is 18.1 Å². The molecule has 1 rings (SSSR count). The summed E-state index contributed by atoms with van der Waals surface area (Å²) in [6, 6.07) is 0.130. The van der Waals surface area contributed by atoms with Gasteiger partial charge in [-0.2, -0.15) is 0 Å². The van der Waals surface area contributed by atoms with Crippen LogP contribution in [0.25, 0.3) is 0 Å². The number of methoxy groups -OCH3 is 1. The van der Waals surface area contributed by atoms with E-state index in [4.69, 9.17) is 0 Å². The van der Waals surface area contributed by atoms with E-state index in [1.807, 2.05) is 20.8 Å². The molecule has 0 aromatic carbocycles. The molecule has 5 nitrogen and oxygen atoms in total. The van der Waals surface area contributed by atoms with Crippen LogP contribution in [-0.2, 0) is 4.74 Å². The molecule has 2 unspecified atom stereocenters. The number of nitrogens with one attached hydrogen (secondary N) is 1. The van der Waals surface area contributed by atoms with Crippen molar-refractivity contribution in [2.24, 2.45) is 5.92 Å². The number of rotatable bonds is 4. The lowest BCUT2D eigenvalue weighted by atomic mass is 9.92. The number of hydrogen-bond donors (Lipinski definition) is 2. The highest BCUT2D eigenvalue weighted by Crippen LogP contribution is 2.20. The molecule has 17 heavy (non-hydrogen) atoms. The van der Waals surface area contributed by atoms with Crippen LogP contribution < -0.4 is 5.32 Å². The number of hydrogen-bond acceptors (Lipinski definition) is 4. The molecule has 0 radical (unpaired) electrons. The number of β-amino-alcohol motifs (C(OH)–C–C–N with tert-alkyl or cyclic N) is 1. The predicted molar refractivity (Wildman–Crippen MR) is 65.8 cm³/mol. The molecule has 0 bridgehead atoms. The quantitative estimate of drug-likeness (QED) is 0.768. The lowest BCUT2D eigenvalue weighted by Gasteiger charge is -2.32. The molecule has 1 fully saturated rings. The Morgan fingerprint density at radius 1 is 1.65 bits per heavy atom. The first-order valence-electron chi connectivity index (χ1n) is 6.14. The molecule has 0 aromatic rings. The molecule has 5 heteroatoms. The summed E-state index contributed by atoms with van der Waals surface area (Å²) in [6.45, 7) is 8.21. The van der Waals surface area contributed by atoms with Crippen molar-refractivity contribution >= 4 is 6.09 Å². The van der Waals surface area contributed by atoms with E-state index in [0.29, 0.717) is 6.54 Å². The van der Waals surface area contributed by atoms with Crippen molar-refractivity contribution in [1.29, 1.82) is 0 Å². The molecule has 1 saturated heterocycles. The number of aliphatic hydroxyl groups is 1. The minimum absolute atomic E-state index is 0.130. The van der Waals surface area contributed by atoms with Crippen LogP contribution in [0.1, 0.15) is 27.2 Å². The zero-order valence-electron chi connectivity index (χ0n) is 11.2. The van der Waals surface area contributed by atoms with Gasteiger partial charge < -0.3 is 15.2 Å². The zero-order chi connectivity index (χ0) is 13.1. The Morgan fingerprint density at radius 3 is 2.82 bits per heavy atom. The predicted octanol–water partition coefficient (Wildman–Crippen LogP) is 0.824. The summed E-state index contributed by atoms with van der Waals surface area (Å²) in [5.74, 6) is 0.218. The van der Waals surface area contributed by atoms with E-state index in [2.05, 4.69) is 15.0 Å². The van der Waals surface area contributed by atoms with Crippen molar-refractivity contribution in [3.8, 4) is 0 Å². The average molecular weight is 244 g/mol. The van der Waals surface area contributed by atoms with Crippen molar-refractivity contribution in [1.82, 2.24) is 10.2 Å². The van der Waals surface area contributed by atoms with E-state index in [1.54, 1.807) is 0 Å². The number of carbonyl (C=O) groups is 1. The first kappa shape index (κ1) is 14.3. The van der Waals surface area contributed by atoms with Crippen molar-refractivity contribution < 1.29 is 14.6 Å². The van der Waals surface area contributed by atoms with E-state index in [9.17, 15) is 9.90 Å². The van der Waals surface area contributed by atoms with Gasteiger partial charge in [0.15, 0.2) is 0 Å². The van der Waals surface area contributed by atoms with Crippen LogP contribution in [0.4, 0.5) is 4.79 Å². The van der Waals surface area contributed by atoms with Crippen LogP contribution in [-0.4, -0.2) is 54.5 Å². The summed E-state index contributed by atoms with van der Waals surface area (Å²) < 4.78 is 4.57. The van der Waals surface area contributed by atoms with Crippen molar-refractivity contribution in [2.75, 3.05) is 26.7 Å². The summed E-state index contributed by atoms with van der Waals surface area (Å²) in [5, 5.41) is 13.0. The molecule has 1 aliphatic rings. The smallest absolute Gasteiger partial charge is 0.407 e. The Bertz CT molecular complexity index is 266. The van der Waals surface area contributed by atoms with E-state index in [0.717, 1.165) is 19.5 Å². The number of carbonyl (C=O) groups excluding carboxylic acids is 1. The maximum atomic E-state index is 11.1. The van der Waals surface area contributed by atoms with E-state index < -0.39 is 5.60 Å². The van der Waals surface area contributed by atoms with Gasteiger partial charge in [-0.3, -0.25) is 4.90 Å². The van der Waals surface area contributed by atoms with Gasteiger partial charge in [-0.25, -0.2) is 4.79 Å². The van der Waals surface area contributed by atoms with E-state index >= 15 is 0 Å². The van der Waals surface area contributed by atoms with Crippen LogP contribution in [0.3, 0.4) is 0 Å². The van der Waals surface area contributed by atoms with Gasteiger partial charge in [0.2, 0.25) is 0 Å². The molecule has 100 valence electrons. The fraction of sp³-hybridized carbons (Fsp3) is 0.917. The summed E-state index contributed by atoms with van der Waals surface area (Å²) in [7, 11) is 1.37. The van der Waals surface area contributed by atoms with Crippen LogP contribution in [0, 0.1) is 5.92 Å². The van der Waals surface area contributed by atoms with Gasteiger partial charge in [-0.15, -0.1) is 0 Å². The third-order valence-corrected chi connectivity index (χ3v) is 3.57. The Labute approximate surface area is 103 Å². The molecule has 0 spiro atoms. The highest BCUT2D eigenvalue weighted by molar-refractivity contribution is 5.67. The Hall–Kier alpha value is -0.810. The third kappa shape index (κ3) is 4.16. The summed E-state index contributed by atoms with van der Waals surface area (Å²) in [5.41, 5.74) is -0.680. The van der Waals surface area contributed by atoms with Gasteiger partial charge in [0, 0.05) is 25.7 Å². The second-order valence-electron chi connectivity index (χ2n) is 5.37. The van der Waals surface area contributed by atoms with Gasteiger partial charge in [-0.05, 0) is 19.3 Å². The molecule has 1 aliphatic heterocycles. The Balaban J connectivity index is 2.38. The second-order valence-corrected chi connectivity index (χ2v) is 5.37. The summed E-state index contributed by atoms with van der Waals surface area (Å²) in [4.78, 5) is 13.2. The van der Waals surface area contributed by atoms with Crippen LogP contribution in [0.15, 0.2) is 0 Å². The topological polar surface area (TPSA) is 61.8 Å². The van der Waals surface area contributed by atoms with Crippen molar-refractivity contribution in [2.45, 2.75) is 38.8 Å². The summed E-state index contributed by atoms with van der Waals surface area (Å²) >= 11 is 0. The molecule has 2 atom stereocenters. The molecule has 0 aromatic heterocycles. The largest absolute Gasteiger partial charge is 0.453 e. The maximum Gasteiger partial charge on any atom is 0.407 e. The molecular weight excluding hydrogens is 220 g/mol. The number of likely N-dealkylation sites (tertiary alicyclic amines) is 1. The third-order valence-electron chi connectivity index (χ3n) is 3.57. The first-order valence-corrected chi connectivity index (χ1v) is 6.14. The van der Waals surface area contributed by atoms with Crippen LogP contribution in [0.5, 0.6) is 0 Å². The highest BCUT2D eigenvalue weighted by Gasteiger charge is 2.32. The van der Waals surface area contributed by atoms with Gasteiger partial charge in [0.05, 0.1) is 12.7 Å². The summed E-state index contributed by atoms with van der Waals surface area (Å²) in [6.07, 6.45) is 0.524. The van der Waals surface area contributed by atoms with E-state index in [1.165, 1.54) is 7.11 Å². The zero-order valence-corrected chi connectivity index (χ0v) is 11.2. The highest BCUT2D eigenvalue weighted by atomic mass is 16.5. The number of alkyl carbamates (subject to hydrolysis) is 1. The fourth-order valence-corrected chi connectivity index (χ4v) is 1.95. The molecule has 2 N–H and O–H groups in total. The van der Waals surface area contributed by atoms with Crippen LogP contribution in [0.2, 0.25) is 0 Å². The number of ether oxygens (including phenoxy) is 1. The van der Waals surface area contributed by atoms with Crippen LogP contribution >= 0.6 is 0 Å². The Morgan fingerprint density at radius 2 is 2.29 bits per heavy atom. The second kappa shape index (κ2) is 5.69. The van der Waals surface area contributed by atoms with Gasteiger partial charge in [-0.1, -0.05) is 13.8 Å². The molecule has 1 amide bonds. The fourth-order valence-electron chi connectivity index (χ4n) is 1.95. The minimum atomic E-state index is -0.680. The SMILES string of the molecule is COC(=O)NC1CCN(CC(C)(O)C(C)C)C1. The van der Waals surface area contributed by atoms with Gasteiger partial charge in [0.25, 0.3) is 0 Å². The monoisotopic (exact) mass is 244 g/mol. The van der Waals surface area contributed by atoms with Crippen molar-refractivity contribution in [3.05, 3.63) is 0 Å². The first-order chi connectivity index (χ1) is 7.85. The van der Waals surface area contributed by atoms with Gasteiger partial charge >= 0.3 is 6.09 Å². The average Bonchev–Trinajstić information content (AvgIpc) is 2.64. The number of nitrogens with zero attached hydrogens (tertiary/aromatic N) is 1. The maximum absolute atomic E-state index is 11.1. The lowest BCUT2D eigenvalue weighted by Crippen LogP contribution is -2.45. The molecule has 0 aliphatic carbocycles. The lowest BCUT2D eigenvalue weighted by molar-refractivity contribution is -0.0139. The Kier molecular flexibility index (Phi) is 4.77. The standard InChI is InChI=1S/C12H24N2O3/c1-9(2)12(3,16)8-14-6-5-10(7-14)13-11(15)17-4/h9-10,16H,5-8H2,1-4H3,(H,13,15). The molecule has 0 saturated carbocycles. The van der Waals surface area contributed by atoms with Gasteiger partial charge in [0.1, 0.15) is 0 Å². The number of amides is 1. The minimum Gasteiger partial charge on any atom is -0.453 e. The van der Waals surface area contributed by atoms with Crippen molar-refractivity contribution in [3.63, 3.8) is 0 Å². The molecular formula is C12H24N2O3. The molecule has 1 heterocycles. The normalized spacial score (nSPS) is 24.7.